The number of aromatic nitrogens is 2. The van der Waals surface area contributed by atoms with E-state index in [1.54, 1.807) is 12.4 Å². The topological polar surface area (TPSA) is 57.4 Å². The Morgan fingerprint density at radius 3 is 2.50 bits per heavy atom. The zero-order valence-corrected chi connectivity index (χ0v) is 24.1. The molecule has 0 saturated heterocycles. The smallest absolute Gasteiger partial charge is 0.223 e. The van der Waals surface area contributed by atoms with Gasteiger partial charge in [-0.05, 0) is 84.3 Å². The van der Waals surface area contributed by atoms with Crippen LogP contribution in [0.5, 0.6) is 5.75 Å². The monoisotopic (exact) mass is 526 g/mol. The molecule has 0 saturated carbocycles. The number of pyridine rings is 1. The van der Waals surface area contributed by atoms with Crippen LogP contribution in [-0.2, 0) is 23.9 Å². The number of ether oxygens (including phenoxy) is 1. The average Bonchev–Trinajstić information content (AvgIpc) is 3.41. The van der Waals surface area contributed by atoms with Gasteiger partial charge in [0.2, 0.25) is 5.89 Å². The van der Waals surface area contributed by atoms with Crippen LogP contribution in [0.3, 0.4) is 0 Å². The lowest BCUT2D eigenvalue weighted by Crippen LogP contribution is -2.43. The van der Waals surface area contributed by atoms with Crippen molar-refractivity contribution in [3.63, 3.8) is 0 Å². The molecule has 2 aromatic carbocycles. The second-order valence-electron chi connectivity index (χ2n) is 11.8. The lowest BCUT2D eigenvalue weighted by Gasteiger charge is -2.41. The second-order valence-corrected chi connectivity index (χ2v) is 16.5. The van der Waals surface area contributed by atoms with E-state index in [9.17, 15) is 0 Å². The van der Waals surface area contributed by atoms with Crippen molar-refractivity contribution in [3.05, 3.63) is 102 Å². The second kappa shape index (κ2) is 10.9. The van der Waals surface area contributed by atoms with Crippen LogP contribution >= 0.6 is 0 Å². The van der Waals surface area contributed by atoms with Crippen LogP contribution in [0.1, 0.15) is 55.9 Å². The number of aryl methyl sites for hydroxylation is 1. The predicted molar refractivity (Wildman–Crippen MR) is 153 cm³/mol. The van der Waals surface area contributed by atoms with Crippen LogP contribution < -0.4 is 4.74 Å². The molecule has 2 unspecified atom stereocenters. The predicted octanol–water partition coefficient (Wildman–Crippen LogP) is 8.18. The molecule has 0 fully saturated rings. The first-order valence-electron chi connectivity index (χ1n) is 13.5. The standard InChI is InChI=1S/C32H38N2O3Si/c1-32(2,3)38(4,5)37-30(31-34-21-29(36-31)28-13-9-10-18-33-28)26-15-14-25-20-27(17-16-24(25)19-26)35-22-23-11-7-6-8-12-23/h6-13,16-18,20-21,26,30H,14-15,19,22H2,1-5H3. The molecule has 0 N–H and O–H groups in total. The van der Waals surface area contributed by atoms with Crippen LogP contribution in [0.15, 0.2) is 83.5 Å². The summed E-state index contributed by atoms with van der Waals surface area (Å²) >= 11 is 0. The highest BCUT2D eigenvalue weighted by molar-refractivity contribution is 6.74. The highest BCUT2D eigenvalue weighted by atomic mass is 28.4. The van der Waals surface area contributed by atoms with Crippen molar-refractivity contribution in [2.75, 3.05) is 0 Å². The maximum Gasteiger partial charge on any atom is 0.223 e. The van der Waals surface area contributed by atoms with Crippen LogP contribution in [-0.4, -0.2) is 18.3 Å². The zero-order valence-electron chi connectivity index (χ0n) is 23.1. The van der Waals surface area contributed by atoms with Gasteiger partial charge in [0.15, 0.2) is 14.1 Å². The van der Waals surface area contributed by atoms with Crippen LogP contribution in [0.2, 0.25) is 18.1 Å². The van der Waals surface area contributed by atoms with Crippen molar-refractivity contribution in [1.82, 2.24) is 9.97 Å². The third kappa shape index (κ3) is 5.92. The first kappa shape index (κ1) is 26.4. The Morgan fingerprint density at radius 1 is 0.974 bits per heavy atom. The van der Waals surface area contributed by atoms with Crippen molar-refractivity contribution in [2.24, 2.45) is 5.92 Å². The number of fused-ring (bicyclic) bond motifs is 1. The molecule has 5 nitrogen and oxygen atoms in total. The van der Waals surface area contributed by atoms with Gasteiger partial charge < -0.3 is 13.6 Å². The lowest BCUT2D eigenvalue weighted by molar-refractivity contribution is 0.0831. The van der Waals surface area contributed by atoms with E-state index in [-0.39, 0.29) is 17.1 Å². The highest BCUT2D eigenvalue weighted by Gasteiger charge is 2.43. The van der Waals surface area contributed by atoms with Crippen molar-refractivity contribution in [3.8, 4) is 17.2 Å². The number of benzene rings is 2. The minimum atomic E-state index is -2.08. The summed E-state index contributed by atoms with van der Waals surface area (Å²) in [5, 5.41) is 0.0826. The van der Waals surface area contributed by atoms with Gasteiger partial charge in [0, 0.05) is 6.20 Å². The molecule has 0 bridgehead atoms. The van der Waals surface area contributed by atoms with Gasteiger partial charge in [-0.3, -0.25) is 4.98 Å². The fourth-order valence-electron chi connectivity index (χ4n) is 4.74. The molecule has 2 aromatic heterocycles. The van der Waals surface area contributed by atoms with Gasteiger partial charge in [0.1, 0.15) is 24.2 Å². The molecule has 0 amide bonds. The third-order valence-corrected chi connectivity index (χ3v) is 12.5. The van der Waals surface area contributed by atoms with Gasteiger partial charge in [0.05, 0.1) is 6.20 Å². The van der Waals surface area contributed by atoms with Crippen LogP contribution in [0.25, 0.3) is 11.5 Å². The number of nitrogens with zero attached hydrogens (tertiary/aromatic N) is 2. The molecule has 38 heavy (non-hydrogen) atoms. The van der Waals surface area contributed by atoms with Gasteiger partial charge >= 0.3 is 0 Å². The molecule has 0 spiro atoms. The molecule has 0 aliphatic heterocycles. The molecule has 4 aromatic rings. The Morgan fingerprint density at radius 2 is 1.76 bits per heavy atom. The van der Waals surface area contributed by atoms with E-state index in [1.165, 1.54) is 16.7 Å². The Labute approximate surface area is 227 Å². The largest absolute Gasteiger partial charge is 0.489 e. The maximum atomic E-state index is 7.04. The fourth-order valence-corrected chi connectivity index (χ4v) is 6.02. The van der Waals surface area contributed by atoms with Crippen molar-refractivity contribution in [2.45, 2.75) is 70.9 Å². The van der Waals surface area contributed by atoms with Gasteiger partial charge in [-0.25, -0.2) is 4.98 Å². The number of hydrogen-bond donors (Lipinski definition) is 0. The highest BCUT2D eigenvalue weighted by Crippen LogP contribution is 2.45. The molecule has 1 aliphatic rings. The summed E-state index contributed by atoms with van der Waals surface area (Å²) in [5.74, 6) is 2.54. The minimum Gasteiger partial charge on any atom is -0.489 e. The molecule has 0 radical (unpaired) electrons. The summed E-state index contributed by atoms with van der Waals surface area (Å²) in [6.07, 6.45) is 6.28. The van der Waals surface area contributed by atoms with Crippen molar-refractivity contribution >= 4 is 8.32 Å². The normalized spacial score (nSPS) is 16.6. The summed E-state index contributed by atoms with van der Waals surface area (Å²) in [5.41, 5.74) is 4.68. The Balaban J connectivity index is 1.37. The quantitative estimate of drug-likeness (QED) is 0.217. The molecule has 1 aliphatic carbocycles. The Bertz CT molecular complexity index is 1350. The Hall–Kier alpha value is -3.22. The summed E-state index contributed by atoms with van der Waals surface area (Å²) in [7, 11) is -2.08. The summed E-state index contributed by atoms with van der Waals surface area (Å²) in [6.45, 7) is 12.0. The van der Waals surface area contributed by atoms with Gasteiger partial charge in [0.25, 0.3) is 0 Å². The number of rotatable bonds is 8. The zero-order chi connectivity index (χ0) is 26.8. The number of hydrogen-bond acceptors (Lipinski definition) is 5. The van der Waals surface area contributed by atoms with Crippen molar-refractivity contribution < 1.29 is 13.6 Å². The molecule has 6 heteroatoms. The fraction of sp³-hybridized carbons (Fsp3) is 0.375. The van der Waals surface area contributed by atoms with Crippen LogP contribution in [0, 0.1) is 5.92 Å². The molecule has 198 valence electrons. The van der Waals surface area contributed by atoms with Crippen molar-refractivity contribution in [1.29, 1.82) is 0 Å². The molecule has 5 rings (SSSR count). The van der Waals surface area contributed by atoms with Gasteiger partial charge in [-0.1, -0.05) is 63.2 Å². The third-order valence-electron chi connectivity index (χ3n) is 8.03. The summed E-state index contributed by atoms with van der Waals surface area (Å²) < 4.78 is 19.5. The SMILES string of the molecule is CC(C)(C)[Si](C)(C)OC(c1ncc(-c2ccccn2)o1)C1CCc2cc(OCc3ccccc3)ccc2C1. The van der Waals surface area contributed by atoms with Crippen LogP contribution in [0.4, 0.5) is 0 Å². The first-order valence-corrected chi connectivity index (χ1v) is 16.4. The summed E-state index contributed by atoms with van der Waals surface area (Å²) in [6, 6.07) is 22.6. The van der Waals surface area contributed by atoms with Gasteiger partial charge in [-0.2, -0.15) is 0 Å². The van der Waals surface area contributed by atoms with Gasteiger partial charge in [-0.15, -0.1) is 0 Å². The average molecular weight is 527 g/mol. The molecular formula is C32H38N2O3Si. The van der Waals surface area contributed by atoms with E-state index < -0.39 is 8.32 Å². The van der Waals surface area contributed by atoms with E-state index in [0.717, 1.165) is 30.7 Å². The maximum absolute atomic E-state index is 7.04. The first-order chi connectivity index (χ1) is 18.2. The summed E-state index contributed by atoms with van der Waals surface area (Å²) in [4.78, 5) is 9.17. The number of oxazole rings is 1. The Kier molecular flexibility index (Phi) is 7.55. The molecular weight excluding hydrogens is 488 g/mol. The lowest BCUT2D eigenvalue weighted by atomic mass is 9.81. The molecule has 2 atom stereocenters. The van der Waals surface area contributed by atoms with E-state index in [4.69, 9.17) is 18.6 Å². The molecule has 2 heterocycles. The minimum absolute atomic E-state index is 0.0826. The van der Waals surface area contributed by atoms with E-state index in [0.29, 0.717) is 18.3 Å². The van der Waals surface area contributed by atoms with E-state index >= 15 is 0 Å². The van der Waals surface area contributed by atoms with E-state index in [1.807, 2.05) is 36.4 Å². The van der Waals surface area contributed by atoms with E-state index in [2.05, 4.69) is 69.2 Å².